The van der Waals surface area contributed by atoms with Crippen molar-refractivity contribution >= 4 is 31.9 Å². The molecule has 1 atom stereocenters. The van der Waals surface area contributed by atoms with Gasteiger partial charge in [-0.3, -0.25) is 4.79 Å². The molecule has 1 amide bonds. The molecule has 7 heteroatoms. The fourth-order valence-electron chi connectivity index (χ4n) is 1.88. The van der Waals surface area contributed by atoms with Gasteiger partial charge in [-0.05, 0) is 40.0 Å². The molecule has 1 heterocycles. The maximum Gasteiger partial charge on any atom is 0.267 e. The van der Waals surface area contributed by atoms with Gasteiger partial charge in [0.05, 0.1) is 0 Å². The van der Waals surface area contributed by atoms with Gasteiger partial charge in [0.2, 0.25) is 5.91 Å². The highest BCUT2D eigenvalue weighted by atomic mass is 79.9. The van der Waals surface area contributed by atoms with Gasteiger partial charge in [0.1, 0.15) is 10.7 Å². The summed E-state index contributed by atoms with van der Waals surface area (Å²) in [5.74, 6) is -0.952. The van der Waals surface area contributed by atoms with Crippen molar-refractivity contribution in [2.45, 2.75) is 18.2 Å². The van der Waals surface area contributed by atoms with Gasteiger partial charge in [-0.1, -0.05) is 6.92 Å². The minimum absolute atomic E-state index is 0.00602. The first-order valence-electron chi connectivity index (χ1n) is 5.33. The molecule has 0 aliphatic carbocycles. The van der Waals surface area contributed by atoms with E-state index >= 15 is 0 Å². The van der Waals surface area contributed by atoms with Crippen molar-refractivity contribution in [2.75, 3.05) is 6.54 Å². The van der Waals surface area contributed by atoms with Gasteiger partial charge in [0.15, 0.2) is 0 Å². The Kier molecular flexibility index (Phi) is 3.46. The number of rotatable bonds is 2. The molecule has 1 aromatic carbocycles. The van der Waals surface area contributed by atoms with Crippen LogP contribution in [0.5, 0.6) is 0 Å². The van der Waals surface area contributed by atoms with Gasteiger partial charge in [0, 0.05) is 17.4 Å². The third-order valence-electron chi connectivity index (χ3n) is 2.74. The number of hydrogen-bond acceptors (Lipinski definition) is 3. The summed E-state index contributed by atoms with van der Waals surface area (Å²) in [6.07, 6.45) is 0.220. The molecule has 1 saturated heterocycles. The highest BCUT2D eigenvalue weighted by Gasteiger charge is 2.37. The number of halogens is 2. The van der Waals surface area contributed by atoms with E-state index in [9.17, 15) is 17.6 Å². The van der Waals surface area contributed by atoms with Gasteiger partial charge in [-0.2, -0.15) is 0 Å². The molecule has 1 aliphatic rings. The molecule has 1 fully saturated rings. The average Bonchev–Trinajstić information content (AvgIpc) is 2.57. The summed E-state index contributed by atoms with van der Waals surface area (Å²) in [7, 11) is -3.90. The average molecular weight is 336 g/mol. The largest absolute Gasteiger partial charge is 0.274 e. The minimum atomic E-state index is -3.90. The lowest BCUT2D eigenvalue weighted by Crippen LogP contribution is -2.32. The maximum atomic E-state index is 12.9. The standard InChI is InChI=1S/C11H11BrFNO3S/c1-7-4-11(15)14(6-7)18(16,17)10-3-2-8(13)5-9(10)12/h2-3,5,7H,4,6H2,1H3. The molecular weight excluding hydrogens is 325 g/mol. The van der Waals surface area contributed by atoms with E-state index in [2.05, 4.69) is 15.9 Å². The first kappa shape index (κ1) is 13.5. The van der Waals surface area contributed by atoms with Gasteiger partial charge >= 0.3 is 0 Å². The monoisotopic (exact) mass is 335 g/mol. The summed E-state index contributed by atoms with van der Waals surface area (Å²) in [6, 6.07) is 3.28. The SMILES string of the molecule is CC1CC(=O)N(S(=O)(=O)c2ccc(F)cc2Br)C1. The first-order valence-corrected chi connectivity index (χ1v) is 7.56. The molecule has 0 bridgehead atoms. The zero-order chi connectivity index (χ0) is 13.5. The number of sulfonamides is 1. The van der Waals surface area contributed by atoms with Crippen LogP contribution in [0.4, 0.5) is 4.39 Å². The molecule has 4 nitrogen and oxygen atoms in total. The van der Waals surface area contributed by atoms with Crippen LogP contribution in [0, 0.1) is 11.7 Å². The van der Waals surface area contributed by atoms with Gasteiger partial charge in [-0.25, -0.2) is 17.1 Å². The summed E-state index contributed by atoms with van der Waals surface area (Å²) >= 11 is 3.01. The Morgan fingerprint density at radius 1 is 1.44 bits per heavy atom. The van der Waals surface area contributed by atoms with Gasteiger partial charge in [0.25, 0.3) is 10.0 Å². The predicted molar refractivity (Wildman–Crippen MR) is 66.8 cm³/mol. The molecule has 0 aromatic heterocycles. The van der Waals surface area contributed by atoms with E-state index in [-0.39, 0.29) is 28.3 Å². The van der Waals surface area contributed by atoms with Crippen LogP contribution >= 0.6 is 15.9 Å². The lowest BCUT2D eigenvalue weighted by molar-refractivity contribution is -0.123. The molecule has 98 valence electrons. The second kappa shape index (κ2) is 4.62. The van der Waals surface area contributed by atoms with Gasteiger partial charge < -0.3 is 0 Å². The Morgan fingerprint density at radius 3 is 2.61 bits per heavy atom. The lowest BCUT2D eigenvalue weighted by Gasteiger charge is -2.17. The van der Waals surface area contributed by atoms with Crippen LogP contribution in [0.1, 0.15) is 13.3 Å². The number of carbonyl (C=O) groups is 1. The van der Waals surface area contributed by atoms with Crippen LogP contribution in [-0.2, 0) is 14.8 Å². The van der Waals surface area contributed by atoms with Crippen LogP contribution in [0.25, 0.3) is 0 Å². The fraction of sp³-hybridized carbons (Fsp3) is 0.364. The highest BCUT2D eigenvalue weighted by molar-refractivity contribution is 9.10. The van der Waals surface area contributed by atoms with Crippen molar-refractivity contribution in [3.63, 3.8) is 0 Å². The molecular formula is C11H11BrFNO3S. The van der Waals surface area contributed by atoms with E-state index in [1.807, 2.05) is 6.92 Å². The maximum absolute atomic E-state index is 12.9. The van der Waals surface area contributed by atoms with E-state index < -0.39 is 21.7 Å². The van der Waals surface area contributed by atoms with Crippen molar-refractivity contribution in [3.8, 4) is 0 Å². The van der Waals surface area contributed by atoms with Crippen molar-refractivity contribution < 1.29 is 17.6 Å². The Labute approximate surface area is 113 Å². The van der Waals surface area contributed by atoms with Crippen LogP contribution < -0.4 is 0 Å². The minimum Gasteiger partial charge on any atom is -0.274 e. The quantitative estimate of drug-likeness (QED) is 0.832. The van der Waals surface area contributed by atoms with E-state index in [0.29, 0.717) is 0 Å². The van der Waals surface area contributed by atoms with Crippen LogP contribution in [-0.4, -0.2) is 25.2 Å². The summed E-state index contributed by atoms with van der Waals surface area (Å²) in [5.41, 5.74) is 0. The van der Waals surface area contributed by atoms with E-state index in [0.717, 1.165) is 22.5 Å². The smallest absolute Gasteiger partial charge is 0.267 e. The van der Waals surface area contributed by atoms with Crippen molar-refractivity contribution in [3.05, 3.63) is 28.5 Å². The van der Waals surface area contributed by atoms with Crippen molar-refractivity contribution in [1.29, 1.82) is 0 Å². The summed E-state index contributed by atoms with van der Waals surface area (Å²) in [4.78, 5) is 11.5. The number of carbonyl (C=O) groups excluding carboxylic acids is 1. The second-order valence-electron chi connectivity index (χ2n) is 4.31. The zero-order valence-electron chi connectivity index (χ0n) is 9.56. The fourth-order valence-corrected chi connectivity index (χ4v) is 4.43. The summed E-state index contributed by atoms with van der Waals surface area (Å²) in [5, 5.41) is 0. The molecule has 2 rings (SSSR count). The second-order valence-corrected chi connectivity index (χ2v) is 7.00. The van der Waals surface area contributed by atoms with E-state index in [1.54, 1.807) is 0 Å². The Bertz CT molecular complexity index is 602. The van der Waals surface area contributed by atoms with Crippen LogP contribution in [0.2, 0.25) is 0 Å². The normalized spacial score (nSPS) is 20.5. The Morgan fingerprint density at radius 2 is 2.11 bits per heavy atom. The topological polar surface area (TPSA) is 54.5 Å². The van der Waals surface area contributed by atoms with Gasteiger partial charge in [-0.15, -0.1) is 0 Å². The van der Waals surface area contributed by atoms with Crippen LogP contribution in [0.3, 0.4) is 0 Å². The first-order chi connectivity index (χ1) is 8.32. The Balaban J connectivity index is 2.46. The van der Waals surface area contributed by atoms with Crippen molar-refractivity contribution in [1.82, 2.24) is 4.31 Å². The molecule has 1 unspecified atom stereocenters. The van der Waals surface area contributed by atoms with Crippen molar-refractivity contribution in [2.24, 2.45) is 5.92 Å². The third-order valence-corrected chi connectivity index (χ3v) is 5.50. The van der Waals surface area contributed by atoms with E-state index in [4.69, 9.17) is 0 Å². The highest BCUT2D eigenvalue weighted by Crippen LogP contribution is 2.29. The molecule has 0 radical (unpaired) electrons. The molecule has 18 heavy (non-hydrogen) atoms. The van der Waals surface area contributed by atoms with Crippen LogP contribution in [0.15, 0.2) is 27.6 Å². The molecule has 0 spiro atoms. The van der Waals surface area contributed by atoms with E-state index in [1.165, 1.54) is 0 Å². The number of hydrogen-bond donors (Lipinski definition) is 0. The lowest BCUT2D eigenvalue weighted by atomic mass is 10.2. The molecule has 0 N–H and O–H groups in total. The molecule has 1 aliphatic heterocycles. The number of benzene rings is 1. The molecule has 0 saturated carbocycles. The third kappa shape index (κ3) is 2.29. The summed E-state index contributed by atoms with van der Waals surface area (Å²) < 4.78 is 38.5. The Hall–Kier alpha value is -0.950. The zero-order valence-corrected chi connectivity index (χ0v) is 12.0. The summed E-state index contributed by atoms with van der Waals surface area (Å²) in [6.45, 7) is 1.98. The number of nitrogens with zero attached hydrogens (tertiary/aromatic N) is 1. The number of amides is 1. The molecule has 1 aromatic rings. The predicted octanol–water partition coefficient (Wildman–Crippen LogP) is 2.15.